The summed E-state index contributed by atoms with van der Waals surface area (Å²) < 4.78 is 0. The zero-order valence-electron chi connectivity index (χ0n) is 10.3. The van der Waals surface area contributed by atoms with Crippen LogP contribution < -0.4 is 0 Å². The number of hydrogen-bond acceptors (Lipinski definition) is 2. The number of aryl methyl sites for hydroxylation is 1. The molecule has 1 aromatic rings. The average Bonchev–Trinajstić information content (AvgIpc) is 2.33. The Morgan fingerprint density at radius 3 is 2.18 bits per heavy atom. The summed E-state index contributed by atoms with van der Waals surface area (Å²) in [5.74, 6) is 0. The fourth-order valence-electron chi connectivity index (χ4n) is 1.73. The Bertz CT molecular complexity index is 402. The van der Waals surface area contributed by atoms with Crippen LogP contribution in [0.3, 0.4) is 0 Å². The number of rotatable bonds is 6. The minimum Gasteiger partial charge on any atom is -0.277 e. The van der Waals surface area contributed by atoms with Gasteiger partial charge in [0.15, 0.2) is 0 Å². The zero-order valence-corrected chi connectivity index (χ0v) is 10.3. The van der Waals surface area contributed by atoms with Gasteiger partial charge in [-0.1, -0.05) is 42.0 Å². The number of nitriles is 1. The second-order valence-electron chi connectivity index (χ2n) is 3.97. The molecule has 88 valence electrons. The predicted octanol–water partition coefficient (Wildman–Crippen LogP) is 3.23. The Morgan fingerprint density at radius 2 is 1.76 bits per heavy atom. The van der Waals surface area contributed by atoms with Crippen LogP contribution in [0.1, 0.15) is 17.2 Å². The van der Waals surface area contributed by atoms with Crippen molar-refractivity contribution in [1.29, 1.82) is 5.26 Å². The molecule has 0 radical (unpaired) electrons. The Morgan fingerprint density at radius 1 is 1.24 bits per heavy atom. The summed E-state index contributed by atoms with van der Waals surface area (Å²) in [5.41, 5.74) is 2.21. The first-order chi connectivity index (χ1) is 8.22. The maximum absolute atomic E-state index is 9.31. The lowest BCUT2D eigenvalue weighted by atomic mass is 10.0. The largest absolute Gasteiger partial charge is 0.277 e. The standard InChI is InChI=1S/C15H18N2/c1-4-10-17(11-5-2)15(12-16)14-8-6-13(3)7-9-14/h4-9,15H,1-2,10-11H2,3H3. The van der Waals surface area contributed by atoms with Crippen LogP contribution in [0.25, 0.3) is 0 Å². The molecule has 0 fully saturated rings. The van der Waals surface area contributed by atoms with Crippen molar-refractivity contribution in [1.82, 2.24) is 4.90 Å². The Labute approximate surface area is 103 Å². The smallest absolute Gasteiger partial charge is 0.124 e. The summed E-state index contributed by atoms with van der Waals surface area (Å²) in [6.45, 7) is 10.8. The van der Waals surface area contributed by atoms with Crippen LogP contribution in [0.5, 0.6) is 0 Å². The monoisotopic (exact) mass is 226 g/mol. The van der Waals surface area contributed by atoms with E-state index in [0.29, 0.717) is 13.1 Å². The van der Waals surface area contributed by atoms with E-state index in [2.05, 4.69) is 19.2 Å². The lowest BCUT2D eigenvalue weighted by Crippen LogP contribution is -2.28. The molecule has 1 unspecified atom stereocenters. The number of hydrogen-bond donors (Lipinski definition) is 0. The van der Waals surface area contributed by atoms with E-state index in [1.54, 1.807) is 0 Å². The lowest BCUT2D eigenvalue weighted by molar-refractivity contribution is 0.291. The van der Waals surface area contributed by atoms with Crippen LogP contribution in [0, 0.1) is 18.3 Å². The molecule has 0 bridgehead atoms. The summed E-state index contributed by atoms with van der Waals surface area (Å²) in [4.78, 5) is 2.03. The molecular weight excluding hydrogens is 208 g/mol. The quantitative estimate of drug-likeness (QED) is 0.696. The van der Waals surface area contributed by atoms with Gasteiger partial charge in [-0.2, -0.15) is 5.26 Å². The topological polar surface area (TPSA) is 27.0 Å². The molecule has 1 atom stereocenters. The summed E-state index contributed by atoms with van der Waals surface area (Å²) in [6, 6.07) is 10.2. The van der Waals surface area contributed by atoms with Gasteiger partial charge >= 0.3 is 0 Å². The fourth-order valence-corrected chi connectivity index (χ4v) is 1.73. The molecule has 1 aromatic carbocycles. The Hall–Kier alpha value is -1.85. The molecule has 2 nitrogen and oxygen atoms in total. The Kier molecular flexibility index (Phi) is 5.19. The molecule has 0 aliphatic heterocycles. The van der Waals surface area contributed by atoms with E-state index in [9.17, 15) is 5.26 Å². The summed E-state index contributed by atoms with van der Waals surface area (Å²) in [5, 5.41) is 9.31. The fraction of sp³-hybridized carbons (Fsp3) is 0.267. The molecule has 0 saturated carbocycles. The van der Waals surface area contributed by atoms with E-state index in [0.717, 1.165) is 5.56 Å². The highest BCUT2D eigenvalue weighted by Crippen LogP contribution is 2.20. The second kappa shape index (κ2) is 6.67. The molecule has 0 saturated heterocycles. The van der Waals surface area contributed by atoms with Gasteiger partial charge in [0.05, 0.1) is 6.07 Å². The van der Waals surface area contributed by atoms with Gasteiger partial charge in [0.1, 0.15) is 6.04 Å². The number of nitrogens with zero attached hydrogens (tertiary/aromatic N) is 2. The van der Waals surface area contributed by atoms with Crippen molar-refractivity contribution in [3.63, 3.8) is 0 Å². The molecule has 0 aromatic heterocycles. The molecule has 0 spiro atoms. The van der Waals surface area contributed by atoms with Crippen LogP contribution in [0.2, 0.25) is 0 Å². The molecule has 0 aliphatic carbocycles. The summed E-state index contributed by atoms with van der Waals surface area (Å²) in [6.07, 6.45) is 3.62. The molecular formula is C15H18N2. The van der Waals surface area contributed by atoms with Crippen molar-refractivity contribution in [3.05, 3.63) is 60.7 Å². The van der Waals surface area contributed by atoms with E-state index >= 15 is 0 Å². The third-order valence-corrected chi connectivity index (χ3v) is 2.61. The third-order valence-electron chi connectivity index (χ3n) is 2.61. The van der Waals surface area contributed by atoms with Gasteiger partial charge in [0.2, 0.25) is 0 Å². The summed E-state index contributed by atoms with van der Waals surface area (Å²) >= 11 is 0. The first-order valence-corrected chi connectivity index (χ1v) is 5.65. The van der Waals surface area contributed by atoms with Crippen molar-refractivity contribution in [2.24, 2.45) is 0 Å². The lowest BCUT2D eigenvalue weighted by Gasteiger charge is -2.24. The molecule has 1 rings (SSSR count). The van der Waals surface area contributed by atoms with E-state index in [4.69, 9.17) is 0 Å². The molecule has 2 heteroatoms. The van der Waals surface area contributed by atoms with Crippen molar-refractivity contribution < 1.29 is 0 Å². The third kappa shape index (κ3) is 3.58. The Balaban J connectivity index is 2.95. The summed E-state index contributed by atoms with van der Waals surface area (Å²) in [7, 11) is 0. The van der Waals surface area contributed by atoms with Gasteiger partial charge < -0.3 is 0 Å². The maximum Gasteiger partial charge on any atom is 0.124 e. The highest BCUT2D eigenvalue weighted by Gasteiger charge is 2.17. The van der Waals surface area contributed by atoms with Crippen molar-refractivity contribution in [3.8, 4) is 6.07 Å². The van der Waals surface area contributed by atoms with Crippen molar-refractivity contribution in [2.75, 3.05) is 13.1 Å². The first-order valence-electron chi connectivity index (χ1n) is 5.65. The maximum atomic E-state index is 9.31. The van der Waals surface area contributed by atoms with Gasteiger partial charge in [-0.3, -0.25) is 4.90 Å². The van der Waals surface area contributed by atoms with Gasteiger partial charge in [-0.15, -0.1) is 13.2 Å². The van der Waals surface area contributed by atoms with Crippen LogP contribution in [-0.4, -0.2) is 18.0 Å². The number of benzene rings is 1. The van der Waals surface area contributed by atoms with E-state index in [-0.39, 0.29) is 6.04 Å². The van der Waals surface area contributed by atoms with Crippen LogP contribution >= 0.6 is 0 Å². The van der Waals surface area contributed by atoms with E-state index < -0.39 is 0 Å². The molecule has 17 heavy (non-hydrogen) atoms. The van der Waals surface area contributed by atoms with Crippen LogP contribution in [-0.2, 0) is 0 Å². The minimum atomic E-state index is -0.244. The van der Waals surface area contributed by atoms with Crippen molar-refractivity contribution >= 4 is 0 Å². The van der Waals surface area contributed by atoms with Gasteiger partial charge in [0.25, 0.3) is 0 Å². The average molecular weight is 226 g/mol. The second-order valence-corrected chi connectivity index (χ2v) is 3.97. The van der Waals surface area contributed by atoms with E-state index in [1.807, 2.05) is 48.2 Å². The molecule has 0 amide bonds. The van der Waals surface area contributed by atoms with Gasteiger partial charge in [-0.25, -0.2) is 0 Å². The van der Waals surface area contributed by atoms with Gasteiger partial charge in [-0.05, 0) is 12.5 Å². The first kappa shape index (κ1) is 13.2. The van der Waals surface area contributed by atoms with E-state index in [1.165, 1.54) is 5.56 Å². The SMILES string of the molecule is C=CCN(CC=C)C(C#N)c1ccc(C)cc1. The van der Waals surface area contributed by atoms with Gasteiger partial charge in [0, 0.05) is 13.1 Å². The molecule has 0 heterocycles. The molecule has 0 aliphatic rings. The molecule has 0 N–H and O–H groups in total. The van der Waals surface area contributed by atoms with Crippen LogP contribution in [0.15, 0.2) is 49.6 Å². The van der Waals surface area contributed by atoms with Crippen LogP contribution in [0.4, 0.5) is 0 Å². The predicted molar refractivity (Wildman–Crippen MR) is 71.5 cm³/mol. The van der Waals surface area contributed by atoms with Crippen molar-refractivity contribution in [2.45, 2.75) is 13.0 Å². The highest BCUT2D eigenvalue weighted by molar-refractivity contribution is 5.28. The zero-order chi connectivity index (χ0) is 12.7. The minimum absolute atomic E-state index is 0.244. The normalized spacial score (nSPS) is 11.8. The highest BCUT2D eigenvalue weighted by atomic mass is 15.1.